The Labute approximate surface area is 469 Å². The Morgan fingerprint density at radius 2 is 1.14 bits per heavy atom. The van der Waals surface area contributed by atoms with Gasteiger partial charge < -0.3 is 34.6 Å². The summed E-state index contributed by atoms with van der Waals surface area (Å²) in [6.45, 7) is 5.53. The van der Waals surface area contributed by atoms with E-state index in [9.17, 15) is 13.2 Å². The standard InChI is InChI=1S/C19H19ClFN3OS.C18H17ClFN3OS.C11H11ClFN.C7H6N2OS/c1-25-17-6-4-14(9-22-17)23-18(26-2)24-10-12-8-19(12,11-24)15-5-3-13(21)7-16(15)20;1-24-16-5-3-13(8-21-16)22-17(25)23-9-11-7-18(11,10-23)14-4-2-12(20)6-15(14)19;12-10-3-8(13)1-2-9(10)11-4-7(11)5-14-6-11;1-10-7-3-2-6(4-8-7)9-5-11/h3-7,9,12H,8,10-11H2,1-2H3;2-6,8,11H,7,9-10H2,1H3,(H,22,25);1-3,7,14H,4-6H2;2-4H,1H3/t12-,19-;11-,18-;7-,11-;/m000./s1. The number of ether oxygens (including phenoxy) is 3. The van der Waals surface area contributed by atoms with Crippen molar-refractivity contribution in [3.8, 4) is 17.6 Å². The zero-order valence-corrected chi connectivity index (χ0v) is 46.6. The van der Waals surface area contributed by atoms with Crippen LogP contribution < -0.4 is 24.8 Å². The van der Waals surface area contributed by atoms with E-state index in [1.165, 1.54) is 42.8 Å². The van der Waals surface area contributed by atoms with Crippen molar-refractivity contribution >= 4 is 104 Å². The van der Waals surface area contributed by atoms with Crippen LogP contribution in [0.4, 0.5) is 30.2 Å². The van der Waals surface area contributed by atoms with Gasteiger partial charge >= 0.3 is 0 Å². The smallest absolute Gasteiger partial charge is 0.213 e. The van der Waals surface area contributed by atoms with Gasteiger partial charge in [-0.2, -0.15) is 4.99 Å². The molecule has 2 N–H and O–H groups in total. The van der Waals surface area contributed by atoms with Crippen LogP contribution in [-0.4, -0.2) is 107 Å². The Balaban J connectivity index is 0.000000131. The summed E-state index contributed by atoms with van der Waals surface area (Å²) in [6, 6.07) is 25.0. The van der Waals surface area contributed by atoms with Gasteiger partial charge in [-0.3, -0.25) is 0 Å². The number of likely N-dealkylation sites (tertiary alicyclic amines) is 2. The summed E-state index contributed by atoms with van der Waals surface area (Å²) in [5.74, 6) is 2.60. The molecule has 21 heteroatoms. The van der Waals surface area contributed by atoms with Gasteiger partial charge in [0.1, 0.15) is 17.5 Å². The monoisotopic (exact) mass is 1150 g/mol. The third-order valence-corrected chi connectivity index (χ3v) is 17.1. The van der Waals surface area contributed by atoms with Crippen molar-refractivity contribution in [1.82, 2.24) is 30.1 Å². The maximum absolute atomic E-state index is 13.4. The quantitative estimate of drug-likeness (QED) is 0.0812. The maximum atomic E-state index is 13.4. The number of piperidine rings is 3. The summed E-state index contributed by atoms with van der Waals surface area (Å²) in [5, 5.41) is 12.0. The third kappa shape index (κ3) is 12.1. The number of hydrogen-bond donors (Lipinski definition) is 2. The average molecular weight is 1150 g/mol. The van der Waals surface area contributed by atoms with Crippen LogP contribution in [0.25, 0.3) is 0 Å². The van der Waals surface area contributed by atoms with Crippen molar-refractivity contribution in [2.45, 2.75) is 35.5 Å². The van der Waals surface area contributed by atoms with E-state index < -0.39 is 0 Å². The van der Waals surface area contributed by atoms with Gasteiger partial charge in [-0.05, 0) is 146 Å². The fraction of sp³-hybridized carbons (Fsp3) is 0.345. The number of aliphatic imine (C=N–C) groups is 2. The van der Waals surface area contributed by atoms with Crippen LogP contribution in [0.2, 0.25) is 15.1 Å². The van der Waals surface area contributed by atoms with Gasteiger partial charge in [0.15, 0.2) is 10.3 Å². The van der Waals surface area contributed by atoms with Crippen LogP contribution in [0.15, 0.2) is 120 Å². The summed E-state index contributed by atoms with van der Waals surface area (Å²) in [6.07, 6.45) is 10.4. The van der Waals surface area contributed by atoms with Gasteiger partial charge in [0.05, 0.1) is 62.1 Å². The number of halogens is 6. The van der Waals surface area contributed by atoms with Gasteiger partial charge in [-0.25, -0.2) is 33.1 Å². The molecular formula is C55H53Cl3F3N9O3S3. The lowest BCUT2D eigenvalue weighted by atomic mass is 9.95. The molecule has 12 rings (SSSR count). The number of methoxy groups -OCH3 is 3. The number of thioether (sulfide) groups is 1. The van der Waals surface area contributed by atoms with Crippen LogP contribution in [0.5, 0.6) is 17.6 Å². The molecule has 6 aromatic rings. The first-order valence-electron chi connectivity index (χ1n) is 24.2. The molecule has 396 valence electrons. The van der Waals surface area contributed by atoms with E-state index in [1.807, 2.05) is 36.6 Å². The Morgan fingerprint density at radius 3 is 1.57 bits per heavy atom. The summed E-state index contributed by atoms with van der Waals surface area (Å²) >= 11 is 30.3. The zero-order chi connectivity index (χ0) is 53.8. The molecule has 12 nitrogen and oxygen atoms in total. The number of anilines is 1. The Kier molecular flexibility index (Phi) is 17.1. The van der Waals surface area contributed by atoms with Gasteiger partial charge in [-0.1, -0.05) is 64.8 Å². The highest BCUT2D eigenvalue weighted by Crippen LogP contribution is 2.62. The molecule has 6 atom stereocenters. The van der Waals surface area contributed by atoms with Crippen LogP contribution in [0, 0.1) is 35.2 Å². The van der Waals surface area contributed by atoms with Crippen molar-refractivity contribution in [3.63, 3.8) is 0 Å². The molecule has 3 saturated carbocycles. The highest BCUT2D eigenvalue weighted by molar-refractivity contribution is 8.13. The number of pyridine rings is 3. The SMILES string of the molecule is COc1ccc(N=C(SC)N2C[C@@H]3C[C@]3(c3ccc(F)cc3Cl)C2)cn1.COc1ccc(N=C=S)cn1.COc1ccc(NC(=S)N2C[C@@H]3C[C@]3(c3ccc(F)cc3Cl)C2)cn1.Fc1ccc([C@@]23CNC[C@@H]2C3)c(Cl)c1. The number of amidine groups is 1. The highest BCUT2D eigenvalue weighted by Gasteiger charge is 2.63. The number of nitrogens with zero attached hydrogens (tertiary/aromatic N) is 7. The number of fused-ring (bicyclic) bond motifs is 3. The Morgan fingerprint density at radius 1 is 0.671 bits per heavy atom. The second-order valence-corrected chi connectivity index (χ2v) is 21.9. The molecule has 76 heavy (non-hydrogen) atoms. The second kappa shape index (κ2) is 23.6. The molecule has 6 heterocycles. The predicted molar refractivity (Wildman–Crippen MR) is 303 cm³/mol. The van der Waals surface area contributed by atoms with Gasteiger partial charge in [0, 0.05) is 82.2 Å². The minimum Gasteiger partial charge on any atom is -0.481 e. The molecule has 6 aliphatic rings. The highest BCUT2D eigenvalue weighted by atomic mass is 35.5. The number of benzene rings is 3. The van der Waals surface area contributed by atoms with E-state index in [0.717, 1.165) is 85.3 Å². The summed E-state index contributed by atoms with van der Waals surface area (Å²) < 4.78 is 54.6. The van der Waals surface area contributed by atoms with E-state index in [-0.39, 0.29) is 33.7 Å². The van der Waals surface area contributed by atoms with Crippen molar-refractivity contribution in [3.05, 3.63) is 159 Å². The van der Waals surface area contributed by atoms with E-state index in [4.69, 9.17) is 66.2 Å². The second-order valence-electron chi connectivity index (χ2n) is 19.4. The van der Waals surface area contributed by atoms with Crippen LogP contribution in [0.3, 0.4) is 0 Å². The van der Waals surface area contributed by atoms with Gasteiger partial charge in [-0.15, -0.1) is 0 Å². The summed E-state index contributed by atoms with van der Waals surface area (Å²) in [4.78, 5) is 25.2. The van der Waals surface area contributed by atoms with Crippen LogP contribution >= 0.6 is 71.0 Å². The average Bonchev–Trinajstić information content (AvgIpc) is 4.41. The maximum Gasteiger partial charge on any atom is 0.213 e. The first-order valence-corrected chi connectivity index (χ1v) is 27.4. The minimum atomic E-state index is -0.304. The topological polar surface area (TPSA) is 122 Å². The predicted octanol–water partition coefficient (Wildman–Crippen LogP) is 12.5. The van der Waals surface area contributed by atoms with Crippen molar-refractivity contribution in [2.24, 2.45) is 27.7 Å². The lowest BCUT2D eigenvalue weighted by Gasteiger charge is -2.24. The molecule has 0 spiro atoms. The first kappa shape index (κ1) is 55.2. The number of hydrogen-bond acceptors (Lipinski definition) is 12. The van der Waals surface area contributed by atoms with Crippen LogP contribution in [-0.2, 0) is 16.2 Å². The first-order chi connectivity index (χ1) is 36.7. The molecule has 3 aromatic heterocycles. The molecule has 3 aromatic carbocycles. The van der Waals surface area contributed by atoms with Crippen molar-refractivity contribution in [1.29, 1.82) is 0 Å². The molecule has 3 aliphatic heterocycles. The van der Waals surface area contributed by atoms with E-state index in [2.05, 4.69) is 57.8 Å². The molecule has 3 saturated heterocycles. The largest absolute Gasteiger partial charge is 0.481 e. The van der Waals surface area contributed by atoms with E-state index in [1.54, 1.807) is 75.9 Å². The molecule has 3 aliphatic carbocycles. The van der Waals surface area contributed by atoms with Crippen molar-refractivity contribution < 1.29 is 27.4 Å². The van der Waals surface area contributed by atoms with Crippen LogP contribution in [0.1, 0.15) is 36.0 Å². The number of nitrogens with one attached hydrogen (secondary N) is 2. The summed E-state index contributed by atoms with van der Waals surface area (Å²) in [7, 11) is 4.73. The molecule has 0 amide bonds. The molecule has 0 unspecified atom stereocenters. The lowest BCUT2D eigenvalue weighted by molar-refractivity contribution is 0.398. The third-order valence-electron chi connectivity index (χ3n) is 15.0. The molecular weight excluding hydrogens is 1090 g/mol. The number of isothiocyanates is 1. The zero-order valence-electron chi connectivity index (χ0n) is 41.8. The van der Waals surface area contributed by atoms with Gasteiger partial charge in [0.25, 0.3) is 0 Å². The number of rotatable bonds is 9. The molecule has 0 bridgehead atoms. The fourth-order valence-electron chi connectivity index (χ4n) is 10.8. The number of aromatic nitrogens is 3. The summed E-state index contributed by atoms with van der Waals surface area (Å²) in [5.41, 5.74) is 5.75. The minimum absolute atomic E-state index is 0.00528. The lowest BCUT2D eigenvalue weighted by Crippen LogP contribution is -2.36. The molecule has 6 fully saturated rings. The normalized spacial score (nSPS) is 23.8. The number of thiocarbonyl (C=S) groups is 2. The van der Waals surface area contributed by atoms with Crippen molar-refractivity contribution in [2.75, 3.05) is 72.2 Å². The van der Waals surface area contributed by atoms with E-state index in [0.29, 0.717) is 61.3 Å². The van der Waals surface area contributed by atoms with E-state index >= 15 is 0 Å². The fourth-order valence-corrected chi connectivity index (χ4v) is 12.9. The molecule has 0 radical (unpaired) electrons. The Hall–Kier alpha value is -5.56. The Bertz CT molecular complexity index is 3170. The van der Waals surface area contributed by atoms with Gasteiger partial charge in [0.2, 0.25) is 17.6 Å².